The van der Waals surface area contributed by atoms with Crippen molar-refractivity contribution in [2.75, 3.05) is 5.75 Å². The topological polar surface area (TPSA) is 72.5 Å². The molecule has 1 aromatic carbocycles. The summed E-state index contributed by atoms with van der Waals surface area (Å²) < 4.78 is 29.2. The summed E-state index contributed by atoms with van der Waals surface area (Å²) in [4.78, 5) is 12.1. The fraction of sp³-hybridized carbons (Fsp3) is 0.500. The molecule has 0 bridgehead atoms. The van der Waals surface area contributed by atoms with Crippen LogP contribution in [0.2, 0.25) is 0 Å². The van der Waals surface area contributed by atoms with Crippen LogP contribution in [-0.4, -0.2) is 25.9 Å². The van der Waals surface area contributed by atoms with Gasteiger partial charge in [0.2, 0.25) is 0 Å². The number of nitrogens with one attached hydrogen (secondary N) is 1. The molecule has 1 aliphatic heterocycles. The smallest absolute Gasteiger partial charge is 0.408 e. The van der Waals surface area contributed by atoms with E-state index in [1.54, 1.807) is 45.0 Å². The van der Waals surface area contributed by atoms with Crippen LogP contribution in [-0.2, 0) is 14.6 Å². The van der Waals surface area contributed by atoms with E-state index < -0.39 is 21.5 Å². The van der Waals surface area contributed by atoms with E-state index in [0.29, 0.717) is 16.9 Å². The van der Waals surface area contributed by atoms with Gasteiger partial charge in [0.1, 0.15) is 5.60 Å². The number of fused-ring (bicyclic) bond motifs is 1. The molecule has 0 saturated heterocycles. The van der Waals surface area contributed by atoms with Crippen LogP contribution in [0.4, 0.5) is 4.79 Å². The normalized spacial score (nSPS) is 20.9. The number of alkyl carbamates (subject to hydrolysis) is 1. The number of hydrogen-bond acceptors (Lipinski definition) is 4. The Balaban J connectivity index is 2.22. The predicted molar refractivity (Wildman–Crippen MR) is 75.2 cm³/mol. The van der Waals surface area contributed by atoms with Crippen molar-refractivity contribution in [1.82, 2.24) is 5.32 Å². The Bertz CT molecular complexity index is 616. The van der Waals surface area contributed by atoms with Gasteiger partial charge in [-0.25, -0.2) is 13.2 Å². The first-order valence-electron chi connectivity index (χ1n) is 6.50. The molecule has 1 aliphatic rings. The minimum atomic E-state index is -3.24. The van der Waals surface area contributed by atoms with Gasteiger partial charge in [-0.05, 0) is 38.8 Å². The minimum absolute atomic E-state index is 0.0322. The maximum Gasteiger partial charge on any atom is 0.408 e. The highest BCUT2D eigenvalue weighted by atomic mass is 32.2. The molecule has 20 heavy (non-hydrogen) atoms. The van der Waals surface area contributed by atoms with Crippen LogP contribution in [0.15, 0.2) is 29.2 Å². The van der Waals surface area contributed by atoms with Crippen molar-refractivity contribution in [3.8, 4) is 0 Å². The quantitative estimate of drug-likeness (QED) is 0.864. The van der Waals surface area contributed by atoms with Crippen molar-refractivity contribution in [1.29, 1.82) is 0 Å². The van der Waals surface area contributed by atoms with Crippen molar-refractivity contribution in [2.24, 2.45) is 0 Å². The summed E-state index contributed by atoms with van der Waals surface area (Å²) in [6.45, 7) is 5.35. The van der Waals surface area contributed by atoms with E-state index in [4.69, 9.17) is 4.74 Å². The van der Waals surface area contributed by atoms with Crippen LogP contribution in [0.25, 0.3) is 0 Å². The molecular formula is C14H19NO4S. The van der Waals surface area contributed by atoms with Crippen LogP contribution >= 0.6 is 0 Å². The predicted octanol–water partition coefficient (Wildman–Crippen LogP) is 2.43. The molecule has 1 amide bonds. The van der Waals surface area contributed by atoms with Crippen LogP contribution in [0, 0.1) is 0 Å². The Kier molecular flexibility index (Phi) is 3.77. The van der Waals surface area contributed by atoms with Gasteiger partial charge in [0.05, 0.1) is 16.7 Å². The zero-order valence-electron chi connectivity index (χ0n) is 11.8. The first-order valence-corrected chi connectivity index (χ1v) is 8.15. The summed E-state index contributed by atoms with van der Waals surface area (Å²) in [7, 11) is -3.24. The minimum Gasteiger partial charge on any atom is -0.444 e. The van der Waals surface area contributed by atoms with Crippen LogP contribution < -0.4 is 5.32 Å². The SMILES string of the molecule is CC(C)(C)OC(=O)N[C@H]1CCS(=O)(=O)c2ccccc21. The van der Waals surface area contributed by atoms with E-state index in [1.165, 1.54) is 0 Å². The zero-order chi connectivity index (χ0) is 15.0. The van der Waals surface area contributed by atoms with E-state index in [2.05, 4.69) is 5.32 Å². The second-order valence-corrected chi connectivity index (χ2v) is 7.92. The Hall–Kier alpha value is -1.56. The summed E-state index contributed by atoms with van der Waals surface area (Å²) in [5.41, 5.74) is 0.0502. The molecule has 0 radical (unpaired) electrons. The third kappa shape index (κ3) is 3.30. The lowest BCUT2D eigenvalue weighted by Gasteiger charge is -2.27. The van der Waals surface area contributed by atoms with E-state index in [9.17, 15) is 13.2 Å². The molecule has 0 aromatic heterocycles. The molecule has 1 N–H and O–H groups in total. The van der Waals surface area contributed by atoms with Crippen molar-refractivity contribution in [2.45, 2.75) is 43.7 Å². The number of ether oxygens (including phenoxy) is 1. The lowest BCUT2D eigenvalue weighted by atomic mass is 10.0. The van der Waals surface area contributed by atoms with E-state index in [1.807, 2.05) is 0 Å². The number of benzene rings is 1. The Morgan fingerprint density at radius 1 is 1.30 bits per heavy atom. The number of amides is 1. The molecule has 6 heteroatoms. The van der Waals surface area contributed by atoms with Crippen LogP contribution in [0.3, 0.4) is 0 Å². The standard InChI is InChI=1S/C14H19NO4S/c1-14(2,3)19-13(16)15-11-8-9-20(17,18)12-7-5-4-6-10(11)12/h4-7,11H,8-9H2,1-3H3,(H,15,16)/t11-/m0/s1. The van der Waals surface area contributed by atoms with E-state index in [-0.39, 0.29) is 11.8 Å². The van der Waals surface area contributed by atoms with Gasteiger partial charge in [0.15, 0.2) is 9.84 Å². The van der Waals surface area contributed by atoms with E-state index >= 15 is 0 Å². The Labute approximate surface area is 119 Å². The third-order valence-corrected chi connectivity index (χ3v) is 4.81. The fourth-order valence-electron chi connectivity index (χ4n) is 2.19. The zero-order valence-corrected chi connectivity index (χ0v) is 12.7. The second kappa shape index (κ2) is 5.09. The van der Waals surface area contributed by atoms with Gasteiger partial charge in [-0.3, -0.25) is 0 Å². The Morgan fingerprint density at radius 3 is 2.60 bits per heavy atom. The molecule has 1 heterocycles. The van der Waals surface area contributed by atoms with Crippen LogP contribution in [0.5, 0.6) is 0 Å². The monoisotopic (exact) mass is 297 g/mol. The lowest BCUT2D eigenvalue weighted by Crippen LogP contribution is -2.37. The Morgan fingerprint density at radius 2 is 1.95 bits per heavy atom. The molecule has 1 atom stereocenters. The largest absolute Gasteiger partial charge is 0.444 e. The molecule has 0 aliphatic carbocycles. The van der Waals surface area contributed by atoms with Crippen molar-refractivity contribution in [3.63, 3.8) is 0 Å². The first-order chi connectivity index (χ1) is 9.19. The maximum atomic E-state index is 12.0. The van der Waals surface area contributed by atoms with Gasteiger partial charge in [-0.1, -0.05) is 18.2 Å². The molecule has 5 nitrogen and oxygen atoms in total. The number of carbonyl (C=O) groups is 1. The summed E-state index contributed by atoms with van der Waals surface area (Å²) in [6.07, 6.45) is -0.171. The summed E-state index contributed by atoms with van der Waals surface area (Å²) in [6, 6.07) is 6.43. The highest BCUT2D eigenvalue weighted by Gasteiger charge is 2.31. The molecule has 0 saturated carbocycles. The summed E-state index contributed by atoms with van der Waals surface area (Å²) in [5.74, 6) is 0.0322. The average Bonchev–Trinajstić information content (AvgIpc) is 2.31. The molecule has 0 unspecified atom stereocenters. The van der Waals surface area contributed by atoms with Crippen LogP contribution in [0.1, 0.15) is 38.8 Å². The molecular weight excluding hydrogens is 278 g/mol. The maximum absolute atomic E-state index is 12.0. The molecule has 0 fully saturated rings. The molecule has 1 aromatic rings. The van der Waals surface area contributed by atoms with Crippen molar-refractivity contribution >= 4 is 15.9 Å². The summed E-state index contributed by atoms with van der Waals surface area (Å²) >= 11 is 0. The van der Waals surface area contributed by atoms with Gasteiger partial charge in [-0.2, -0.15) is 0 Å². The van der Waals surface area contributed by atoms with Gasteiger partial charge < -0.3 is 10.1 Å². The highest BCUT2D eigenvalue weighted by molar-refractivity contribution is 7.91. The van der Waals surface area contributed by atoms with Gasteiger partial charge in [-0.15, -0.1) is 0 Å². The van der Waals surface area contributed by atoms with Gasteiger partial charge >= 0.3 is 6.09 Å². The highest BCUT2D eigenvalue weighted by Crippen LogP contribution is 2.32. The second-order valence-electron chi connectivity index (χ2n) is 5.84. The lowest BCUT2D eigenvalue weighted by molar-refractivity contribution is 0.0501. The average molecular weight is 297 g/mol. The number of hydrogen-bond donors (Lipinski definition) is 1. The number of carbonyl (C=O) groups excluding carboxylic acids is 1. The van der Waals surface area contributed by atoms with Crippen molar-refractivity contribution in [3.05, 3.63) is 29.8 Å². The molecule has 110 valence electrons. The third-order valence-electron chi connectivity index (χ3n) is 3.00. The molecule has 0 spiro atoms. The van der Waals surface area contributed by atoms with Crippen molar-refractivity contribution < 1.29 is 17.9 Å². The van der Waals surface area contributed by atoms with Gasteiger partial charge in [0.25, 0.3) is 0 Å². The number of rotatable bonds is 1. The number of sulfone groups is 1. The van der Waals surface area contributed by atoms with Gasteiger partial charge in [0, 0.05) is 0 Å². The fourth-order valence-corrected chi connectivity index (χ4v) is 3.81. The summed E-state index contributed by atoms with van der Waals surface area (Å²) in [5, 5.41) is 2.74. The first kappa shape index (κ1) is 14.8. The van der Waals surface area contributed by atoms with E-state index in [0.717, 1.165) is 0 Å². The molecule has 2 rings (SSSR count).